The maximum absolute atomic E-state index is 11.6. The van der Waals surface area contributed by atoms with Crippen molar-refractivity contribution in [1.29, 1.82) is 0 Å². The van der Waals surface area contributed by atoms with Crippen LogP contribution in [0.4, 0.5) is 5.69 Å². The van der Waals surface area contributed by atoms with E-state index in [4.69, 9.17) is 9.47 Å². The van der Waals surface area contributed by atoms with Crippen molar-refractivity contribution in [3.8, 4) is 5.75 Å². The van der Waals surface area contributed by atoms with E-state index in [0.717, 1.165) is 5.56 Å². The highest BCUT2D eigenvalue weighted by Gasteiger charge is 2.14. The summed E-state index contributed by atoms with van der Waals surface area (Å²) in [5.41, 5.74) is 1.58. The smallest absolute Gasteiger partial charge is 0.377 e. The molecular weight excluding hydrogens is 272 g/mol. The third kappa shape index (κ3) is 5.18. The number of aryl methyl sites for hydroxylation is 1. The third-order valence-electron chi connectivity index (χ3n) is 2.44. The van der Waals surface area contributed by atoms with Gasteiger partial charge in [0.15, 0.2) is 0 Å². The molecule has 0 atom stereocenters. The summed E-state index contributed by atoms with van der Waals surface area (Å²) < 4.78 is 15.0. The van der Waals surface area contributed by atoms with Crippen LogP contribution in [-0.4, -0.2) is 45.5 Å². The number of hydrogen-bond acceptors (Lipinski definition) is 5. The molecule has 0 radical (unpaired) electrons. The van der Waals surface area contributed by atoms with Crippen molar-refractivity contribution < 1.29 is 19.0 Å². The zero-order chi connectivity index (χ0) is 15.8. The van der Waals surface area contributed by atoms with Crippen LogP contribution in [-0.2, 0) is 14.3 Å². The SMILES string of the molecule is CO/C=C(\Oc1cc(N=CN(C)C)ccc1C)C(=O)OC. The Labute approximate surface area is 124 Å². The molecule has 0 aliphatic rings. The predicted octanol–water partition coefficient (Wildman–Crippen LogP) is 2.26. The normalized spacial score (nSPS) is 11.4. The number of carbonyl (C=O) groups is 1. The maximum Gasteiger partial charge on any atom is 0.377 e. The van der Waals surface area contributed by atoms with E-state index in [1.54, 1.807) is 12.4 Å². The lowest BCUT2D eigenvalue weighted by Gasteiger charge is -2.11. The number of ether oxygens (including phenoxy) is 3. The van der Waals surface area contributed by atoms with Crippen LogP contribution in [0.15, 0.2) is 35.2 Å². The van der Waals surface area contributed by atoms with Gasteiger partial charge in [0.05, 0.1) is 26.2 Å². The van der Waals surface area contributed by atoms with E-state index in [9.17, 15) is 4.79 Å². The van der Waals surface area contributed by atoms with Crippen LogP contribution in [0.2, 0.25) is 0 Å². The number of rotatable bonds is 6. The summed E-state index contributed by atoms with van der Waals surface area (Å²) in [4.78, 5) is 17.7. The maximum atomic E-state index is 11.6. The molecule has 0 spiro atoms. The molecule has 21 heavy (non-hydrogen) atoms. The fourth-order valence-corrected chi connectivity index (χ4v) is 1.40. The Balaban J connectivity index is 3.03. The van der Waals surface area contributed by atoms with Gasteiger partial charge in [0, 0.05) is 20.2 Å². The molecule has 0 saturated heterocycles. The highest BCUT2D eigenvalue weighted by Crippen LogP contribution is 2.26. The molecule has 0 unspecified atom stereocenters. The number of methoxy groups -OCH3 is 2. The first-order chi connectivity index (χ1) is 9.97. The Morgan fingerprint density at radius 2 is 2.00 bits per heavy atom. The minimum atomic E-state index is -0.613. The second kappa shape index (κ2) is 7.94. The number of aliphatic imine (C=N–C) groups is 1. The fraction of sp³-hybridized carbons (Fsp3) is 0.333. The van der Waals surface area contributed by atoms with E-state index in [1.807, 2.05) is 38.1 Å². The van der Waals surface area contributed by atoms with Crippen molar-refractivity contribution >= 4 is 18.0 Å². The van der Waals surface area contributed by atoms with Gasteiger partial charge in [0.2, 0.25) is 5.76 Å². The molecule has 114 valence electrons. The summed E-state index contributed by atoms with van der Waals surface area (Å²) in [5, 5.41) is 0. The van der Waals surface area contributed by atoms with E-state index in [0.29, 0.717) is 11.4 Å². The second-order valence-electron chi connectivity index (χ2n) is 4.47. The Hall–Kier alpha value is -2.50. The molecule has 0 saturated carbocycles. The number of benzene rings is 1. The lowest BCUT2D eigenvalue weighted by molar-refractivity contribution is -0.138. The molecule has 0 aromatic heterocycles. The van der Waals surface area contributed by atoms with Gasteiger partial charge in [0.1, 0.15) is 12.0 Å². The van der Waals surface area contributed by atoms with Crippen LogP contribution in [0, 0.1) is 6.92 Å². The largest absolute Gasteiger partial charge is 0.500 e. The minimum absolute atomic E-state index is 0.0307. The van der Waals surface area contributed by atoms with Crippen LogP contribution in [0.1, 0.15) is 5.56 Å². The first-order valence-electron chi connectivity index (χ1n) is 6.28. The highest BCUT2D eigenvalue weighted by atomic mass is 16.6. The predicted molar refractivity (Wildman–Crippen MR) is 80.8 cm³/mol. The first-order valence-corrected chi connectivity index (χ1v) is 6.28. The summed E-state index contributed by atoms with van der Waals surface area (Å²) in [5.74, 6) is -0.132. The zero-order valence-corrected chi connectivity index (χ0v) is 12.9. The Bertz CT molecular complexity index is 551. The quantitative estimate of drug-likeness (QED) is 0.265. The van der Waals surface area contributed by atoms with Crippen LogP contribution < -0.4 is 4.74 Å². The number of esters is 1. The highest BCUT2D eigenvalue weighted by molar-refractivity contribution is 5.86. The van der Waals surface area contributed by atoms with E-state index in [2.05, 4.69) is 9.73 Å². The fourth-order valence-electron chi connectivity index (χ4n) is 1.40. The van der Waals surface area contributed by atoms with Gasteiger partial charge in [-0.05, 0) is 18.6 Å². The van der Waals surface area contributed by atoms with Crippen molar-refractivity contribution in [2.75, 3.05) is 28.3 Å². The molecule has 1 rings (SSSR count). The first kappa shape index (κ1) is 16.6. The topological polar surface area (TPSA) is 60.4 Å². The van der Waals surface area contributed by atoms with Gasteiger partial charge in [-0.2, -0.15) is 0 Å². The Morgan fingerprint density at radius 1 is 1.29 bits per heavy atom. The molecule has 0 bridgehead atoms. The average Bonchev–Trinajstić information content (AvgIpc) is 2.46. The monoisotopic (exact) mass is 292 g/mol. The van der Waals surface area contributed by atoms with E-state index < -0.39 is 5.97 Å². The standard InChI is InChI=1S/C15H20N2O4/c1-11-6-7-12(16-10-17(2)3)8-13(11)21-14(9-19-4)15(18)20-5/h6-10H,1-5H3/b14-9-,16-10?. The number of nitrogens with zero attached hydrogens (tertiary/aromatic N) is 2. The summed E-state index contributed by atoms with van der Waals surface area (Å²) in [6.07, 6.45) is 2.88. The van der Waals surface area contributed by atoms with Crippen LogP contribution >= 0.6 is 0 Å². The van der Waals surface area contributed by atoms with Gasteiger partial charge in [-0.3, -0.25) is 0 Å². The molecule has 0 heterocycles. The molecule has 1 aromatic rings. The molecule has 0 amide bonds. The third-order valence-corrected chi connectivity index (χ3v) is 2.44. The van der Waals surface area contributed by atoms with Crippen molar-refractivity contribution in [3.63, 3.8) is 0 Å². The van der Waals surface area contributed by atoms with E-state index in [1.165, 1.54) is 20.5 Å². The van der Waals surface area contributed by atoms with Crippen LogP contribution in [0.5, 0.6) is 5.75 Å². The lowest BCUT2D eigenvalue weighted by Crippen LogP contribution is -2.11. The summed E-state index contributed by atoms with van der Waals surface area (Å²) >= 11 is 0. The molecule has 6 heteroatoms. The molecular formula is C15H20N2O4. The van der Waals surface area contributed by atoms with Gasteiger partial charge in [-0.15, -0.1) is 0 Å². The van der Waals surface area contributed by atoms with Gasteiger partial charge in [0.25, 0.3) is 0 Å². The van der Waals surface area contributed by atoms with Gasteiger partial charge < -0.3 is 19.1 Å². The van der Waals surface area contributed by atoms with E-state index >= 15 is 0 Å². The minimum Gasteiger partial charge on any atom is -0.500 e. The van der Waals surface area contributed by atoms with Crippen LogP contribution in [0.3, 0.4) is 0 Å². The summed E-state index contributed by atoms with van der Waals surface area (Å²) in [7, 11) is 6.47. The lowest BCUT2D eigenvalue weighted by atomic mass is 10.2. The summed E-state index contributed by atoms with van der Waals surface area (Å²) in [6.45, 7) is 1.87. The van der Waals surface area contributed by atoms with Crippen LogP contribution in [0.25, 0.3) is 0 Å². The molecule has 0 fully saturated rings. The van der Waals surface area contributed by atoms with Gasteiger partial charge in [-0.25, -0.2) is 9.79 Å². The second-order valence-corrected chi connectivity index (χ2v) is 4.47. The van der Waals surface area contributed by atoms with E-state index in [-0.39, 0.29) is 5.76 Å². The molecule has 6 nitrogen and oxygen atoms in total. The Kier molecular flexibility index (Phi) is 6.26. The van der Waals surface area contributed by atoms with Crippen molar-refractivity contribution in [2.24, 2.45) is 4.99 Å². The van der Waals surface area contributed by atoms with Gasteiger partial charge in [-0.1, -0.05) is 6.07 Å². The summed E-state index contributed by atoms with van der Waals surface area (Å²) in [6, 6.07) is 5.46. The Morgan fingerprint density at radius 3 is 2.57 bits per heavy atom. The number of hydrogen-bond donors (Lipinski definition) is 0. The molecule has 1 aromatic carbocycles. The zero-order valence-electron chi connectivity index (χ0n) is 12.9. The molecule has 0 aliphatic carbocycles. The van der Waals surface area contributed by atoms with Crippen molar-refractivity contribution in [2.45, 2.75) is 6.92 Å². The molecule has 0 aliphatic heterocycles. The van der Waals surface area contributed by atoms with Crippen molar-refractivity contribution in [3.05, 3.63) is 35.8 Å². The number of carbonyl (C=O) groups excluding carboxylic acids is 1. The van der Waals surface area contributed by atoms with Gasteiger partial charge >= 0.3 is 5.97 Å². The molecule has 0 N–H and O–H groups in total. The average molecular weight is 292 g/mol. The van der Waals surface area contributed by atoms with Crippen molar-refractivity contribution in [1.82, 2.24) is 4.90 Å².